The number of benzene rings is 1. The lowest BCUT2D eigenvalue weighted by Crippen LogP contribution is -2.28. The van der Waals surface area contributed by atoms with Crippen LogP contribution in [0.4, 0.5) is 0 Å². The van der Waals surface area contributed by atoms with Gasteiger partial charge in [-0.05, 0) is 35.8 Å². The maximum Gasteiger partial charge on any atom is 0.0349 e. The minimum atomic E-state index is 0.0801. The van der Waals surface area contributed by atoms with Crippen LogP contribution in [0.15, 0.2) is 36.7 Å². The van der Waals surface area contributed by atoms with E-state index in [2.05, 4.69) is 50.0 Å². The van der Waals surface area contributed by atoms with Crippen LogP contribution in [0.3, 0.4) is 0 Å². The molecule has 0 saturated heterocycles. The lowest BCUT2D eigenvalue weighted by atomic mass is 9.78. The molecule has 0 bridgehead atoms. The highest BCUT2D eigenvalue weighted by molar-refractivity contribution is 5.85. The van der Waals surface area contributed by atoms with E-state index in [4.69, 9.17) is 5.73 Å². The molecular weight excluding hydrogens is 208 g/mol. The van der Waals surface area contributed by atoms with E-state index in [1.807, 2.05) is 12.4 Å². The molecule has 0 spiro atoms. The van der Waals surface area contributed by atoms with Gasteiger partial charge in [0.25, 0.3) is 0 Å². The standard InChI is InChI=1S/C15H20N2/c1-11(16)9-15(2,3)14-6-4-5-12-7-8-17-10-13(12)14/h4-8,10-11H,9,16H2,1-3H3. The first-order chi connectivity index (χ1) is 8.00. The molecule has 1 unspecified atom stereocenters. The van der Waals surface area contributed by atoms with Crippen LogP contribution in [0, 0.1) is 0 Å². The largest absolute Gasteiger partial charge is 0.328 e. The van der Waals surface area contributed by atoms with E-state index in [-0.39, 0.29) is 11.5 Å². The topological polar surface area (TPSA) is 38.9 Å². The van der Waals surface area contributed by atoms with Gasteiger partial charge in [-0.1, -0.05) is 32.0 Å². The van der Waals surface area contributed by atoms with Crippen LogP contribution < -0.4 is 5.73 Å². The van der Waals surface area contributed by atoms with Crippen molar-refractivity contribution in [2.45, 2.75) is 38.6 Å². The van der Waals surface area contributed by atoms with E-state index in [0.29, 0.717) is 0 Å². The maximum atomic E-state index is 5.94. The summed E-state index contributed by atoms with van der Waals surface area (Å²) in [6.07, 6.45) is 4.76. The van der Waals surface area contributed by atoms with Crippen LogP contribution in [0.5, 0.6) is 0 Å². The Morgan fingerprint density at radius 3 is 2.76 bits per heavy atom. The van der Waals surface area contributed by atoms with Crippen molar-refractivity contribution in [1.82, 2.24) is 4.98 Å². The molecular formula is C15H20N2. The van der Waals surface area contributed by atoms with Crippen molar-refractivity contribution in [1.29, 1.82) is 0 Å². The molecule has 1 aromatic heterocycles. The van der Waals surface area contributed by atoms with Gasteiger partial charge in [0, 0.05) is 23.8 Å². The average molecular weight is 228 g/mol. The highest BCUT2D eigenvalue weighted by Crippen LogP contribution is 2.33. The molecule has 1 heterocycles. The zero-order chi connectivity index (χ0) is 12.5. The van der Waals surface area contributed by atoms with E-state index < -0.39 is 0 Å². The number of hydrogen-bond acceptors (Lipinski definition) is 2. The van der Waals surface area contributed by atoms with Gasteiger partial charge in [-0.2, -0.15) is 0 Å². The Hall–Kier alpha value is -1.41. The molecule has 0 radical (unpaired) electrons. The molecule has 2 rings (SSSR count). The Morgan fingerprint density at radius 1 is 1.29 bits per heavy atom. The second kappa shape index (κ2) is 4.46. The molecule has 1 atom stereocenters. The first-order valence-corrected chi connectivity index (χ1v) is 6.09. The van der Waals surface area contributed by atoms with Gasteiger partial charge >= 0.3 is 0 Å². The summed E-state index contributed by atoms with van der Waals surface area (Å²) in [5, 5.41) is 2.48. The van der Waals surface area contributed by atoms with Crippen LogP contribution in [0.25, 0.3) is 10.8 Å². The number of pyridine rings is 1. The molecule has 0 saturated carbocycles. The van der Waals surface area contributed by atoms with Crippen LogP contribution in [-0.2, 0) is 5.41 Å². The van der Waals surface area contributed by atoms with Crippen molar-refractivity contribution in [2.24, 2.45) is 5.73 Å². The van der Waals surface area contributed by atoms with E-state index in [1.165, 1.54) is 16.3 Å². The summed E-state index contributed by atoms with van der Waals surface area (Å²) in [7, 11) is 0. The summed E-state index contributed by atoms with van der Waals surface area (Å²) in [5.74, 6) is 0. The second-order valence-electron chi connectivity index (χ2n) is 5.47. The molecule has 1 aromatic carbocycles. The van der Waals surface area contributed by atoms with Crippen LogP contribution >= 0.6 is 0 Å². The van der Waals surface area contributed by atoms with Gasteiger partial charge < -0.3 is 5.73 Å². The number of nitrogens with two attached hydrogens (primary N) is 1. The van der Waals surface area contributed by atoms with Crippen LogP contribution in [0.1, 0.15) is 32.8 Å². The molecule has 2 nitrogen and oxygen atoms in total. The normalized spacial score (nSPS) is 13.9. The second-order valence-corrected chi connectivity index (χ2v) is 5.47. The summed E-state index contributed by atoms with van der Waals surface area (Å²) in [6.45, 7) is 6.56. The highest BCUT2D eigenvalue weighted by Gasteiger charge is 2.23. The summed E-state index contributed by atoms with van der Waals surface area (Å²) in [4.78, 5) is 4.23. The van der Waals surface area contributed by atoms with Crippen molar-refractivity contribution in [3.63, 3.8) is 0 Å². The lowest BCUT2D eigenvalue weighted by Gasteiger charge is -2.28. The van der Waals surface area contributed by atoms with Crippen molar-refractivity contribution >= 4 is 10.8 Å². The molecule has 90 valence electrons. The van der Waals surface area contributed by atoms with Gasteiger partial charge in [0.2, 0.25) is 0 Å². The Balaban J connectivity index is 2.55. The van der Waals surface area contributed by atoms with Crippen molar-refractivity contribution in [3.05, 3.63) is 42.2 Å². The van der Waals surface area contributed by atoms with E-state index in [9.17, 15) is 0 Å². The molecule has 2 heteroatoms. The summed E-state index contributed by atoms with van der Waals surface area (Å²) >= 11 is 0. The van der Waals surface area contributed by atoms with Gasteiger partial charge in [-0.25, -0.2) is 0 Å². The zero-order valence-corrected chi connectivity index (χ0v) is 10.8. The number of rotatable bonds is 3. The Labute approximate surface area is 103 Å². The molecule has 2 aromatic rings. The smallest absolute Gasteiger partial charge is 0.0349 e. The first kappa shape index (κ1) is 12.1. The average Bonchev–Trinajstić information content (AvgIpc) is 2.26. The third-order valence-electron chi connectivity index (χ3n) is 3.25. The Bertz CT molecular complexity index is 510. The summed E-state index contributed by atoms with van der Waals surface area (Å²) < 4.78 is 0. The van der Waals surface area contributed by atoms with Gasteiger partial charge in [-0.15, -0.1) is 0 Å². The lowest BCUT2D eigenvalue weighted by molar-refractivity contribution is 0.440. The fourth-order valence-electron chi connectivity index (χ4n) is 2.62. The summed E-state index contributed by atoms with van der Waals surface area (Å²) in [6, 6.07) is 8.69. The predicted octanol–water partition coefficient (Wildman–Crippen LogP) is 3.25. The molecule has 0 aliphatic carbocycles. The number of nitrogens with zero attached hydrogens (tertiary/aromatic N) is 1. The van der Waals surface area contributed by atoms with E-state index in [1.54, 1.807) is 0 Å². The molecule has 0 aliphatic rings. The monoisotopic (exact) mass is 228 g/mol. The van der Waals surface area contributed by atoms with Gasteiger partial charge in [0.1, 0.15) is 0 Å². The Morgan fingerprint density at radius 2 is 2.06 bits per heavy atom. The zero-order valence-electron chi connectivity index (χ0n) is 10.8. The van der Waals surface area contributed by atoms with Crippen molar-refractivity contribution < 1.29 is 0 Å². The SMILES string of the molecule is CC(N)CC(C)(C)c1cccc2ccncc12. The predicted molar refractivity (Wildman–Crippen MR) is 73.0 cm³/mol. The summed E-state index contributed by atoms with van der Waals surface area (Å²) in [5.41, 5.74) is 7.36. The van der Waals surface area contributed by atoms with Crippen LogP contribution in [-0.4, -0.2) is 11.0 Å². The van der Waals surface area contributed by atoms with E-state index in [0.717, 1.165) is 6.42 Å². The van der Waals surface area contributed by atoms with Gasteiger partial charge in [0.05, 0.1) is 0 Å². The first-order valence-electron chi connectivity index (χ1n) is 6.09. The Kier molecular flexibility index (Phi) is 3.16. The molecule has 0 aliphatic heterocycles. The molecule has 0 fully saturated rings. The molecule has 17 heavy (non-hydrogen) atoms. The third-order valence-corrected chi connectivity index (χ3v) is 3.25. The fourth-order valence-corrected chi connectivity index (χ4v) is 2.62. The number of aromatic nitrogens is 1. The maximum absolute atomic E-state index is 5.94. The quantitative estimate of drug-likeness (QED) is 0.875. The fraction of sp³-hybridized carbons (Fsp3) is 0.400. The number of fused-ring (bicyclic) bond motifs is 1. The molecule has 2 N–H and O–H groups in total. The molecule has 0 amide bonds. The minimum Gasteiger partial charge on any atom is -0.328 e. The third kappa shape index (κ3) is 2.47. The highest BCUT2D eigenvalue weighted by atomic mass is 14.6. The van der Waals surface area contributed by atoms with Crippen LogP contribution in [0.2, 0.25) is 0 Å². The van der Waals surface area contributed by atoms with Gasteiger partial charge in [0.15, 0.2) is 0 Å². The minimum absolute atomic E-state index is 0.0801. The van der Waals surface area contributed by atoms with Crippen molar-refractivity contribution in [3.8, 4) is 0 Å². The van der Waals surface area contributed by atoms with Gasteiger partial charge in [-0.3, -0.25) is 4.98 Å². The number of hydrogen-bond donors (Lipinski definition) is 1. The van der Waals surface area contributed by atoms with Crippen molar-refractivity contribution in [2.75, 3.05) is 0 Å². The van der Waals surface area contributed by atoms with E-state index >= 15 is 0 Å².